The first-order valence-corrected chi connectivity index (χ1v) is 6.88. The van der Waals surface area contributed by atoms with Crippen LogP contribution in [0.4, 0.5) is 5.69 Å². The second-order valence-corrected chi connectivity index (χ2v) is 5.18. The van der Waals surface area contributed by atoms with Gasteiger partial charge in [0.25, 0.3) is 5.69 Å². The molecule has 0 aliphatic carbocycles. The average Bonchev–Trinajstić information content (AvgIpc) is 2.88. The van der Waals surface area contributed by atoms with Gasteiger partial charge in [-0.15, -0.1) is 11.3 Å². The smallest absolute Gasteiger partial charge is 0.279 e. The molecule has 1 unspecified atom stereocenters. The van der Waals surface area contributed by atoms with Crippen molar-refractivity contribution < 1.29 is 4.92 Å². The van der Waals surface area contributed by atoms with Gasteiger partial charge in [-0.3, -0.25) is 10.1 Å². The number of hydrogen-bond donors (Lipinski definition) is 1. The molecular formula is C13H15N3O2S. The third-order valence-electron chi connectivity index (χ3n) is 2.79. The molecule has 0 radical (unpaired) electrons. The maximum atomic E-state index is 11.0. The van der Waals surface area contributed by atoms with Crippen molar-refractivity contribution in [3.8, 4) is 10.6 Å². The lowest BCUT2D eigenvalue weighted by atomic mass is 10.2. The molecule has 19 heavy (non-hydrogen) atoms. The fourth-order valence-electron chi connectivity index (χ4n) is 1.83. The van der Waals surface area contributed by atoms with E-state index < -0.39 is 0 Å². The van der Waals surface area contributed by atoms with Gasteiger partial charge in [0.15, 0.2) is 0 Å². The van der Waals surface area contributed by atoms with E-state index >= 15 is 0 Å². The second-order valence-electron chi connectivity index (χ2n) is 4.12. The van der Waals surface area contributed by atoms with Crippen molar-refractivity contribution in [3.63, 3.8) is 0 Å². The molecule has 1 aromatic heterocycles. The van der Waals surface area contributed by atoms with Gasteiger partial charge >= 0.3 is 0 Å². The van der Waals surface area contributed by atoms with Crippen LogP contribution in [0.15, 0.2) is 30.5 Å². The van der Waals surface area contributed by atoms with Gasteiger partial charge in [-0.25, -0.2) is 4.98 Å². The van der Waals surface area contributed by atoms with Crippen LogP contribution < -0.4 is 5.32 Å². The van der Waals surface area contributed by atoms with Crippen LogP contribution in [0, 0.1) is 10.1 Å². The van der Waals surface area contributed by atoms with E-state index in [0.717, 1.165) is 11.4 Å². The first-order chi connectivity index (χ1) is 9.13. The minimum absolute atomic E-state index is 0.0968. The highest BCUT2D eigenvalue weighted by atomic mass is 32.1. The van der Waals surface area contributed by atoms with Crippen LogP contribution in [-0.2, 0) is 0 Å². The van der Waals surface area contributed by atoms with E-state index in [9.17, 15) is 10.1 Å². The van der Waals surface area contributed by atoms with Crippen molar-refractivity contribution in [2.45, 2.75) is 19.9 Å². The van der Waals surface area contributed by atoms with E-state index in [-0.39, 0.29) is 16.7 Å². The normalized spacial score (nSPS) is 12.3. The molecule has 2 rings (SSSR count). The summed E-state index contributed by atoms with van der Waals surface area (Å²) in [6, 6.07) is 6.90. The van der Waals surface area contributed by atoms with Gasteiger partial charge in [-0.2, -0.15) is 0 Å². The summed E-state index contributed by atoms with van der Waals surface area (Å²) in [4.78, 5) is 16.0. The third-order valence-corrected chi connectivity index (χ3v) is 4.01. The van der Waals surface area contributed by atoms with Crippen LogP contribution in [0.25, 0.3) is 10.6 Å². The maximum absolute atomic E-state index is 11.0. The summed E-state index contributed by atoms with van der Waals surface area (Å²) in [6.45, 7) is 4.97. The first kappa shape index (κ1) is 13.6. The summed E-state index contributed by atoms with van der Waals surface area (Å²) in [5.41, 5.74) is 0.673. The fraction of sp³-hybridized carbons (Fsp3) is 0.308. The zero-order valence-corrected chi connectivity index (χ0v) is 11.6. The van der Waals surface area contributed by atoms with Crippen molar-refractivity contribution in [2.24, 2.45) is 0 Å². The largest absolute Gasteiger partial charge is 0.310 e. The number of nitro benzene ring substituents is 1. The molecule has 0 aliphatic rings. The molecule has 1 heterocycles. The maximum Gasteiger partial charge on any atom is 0.279 e. The molecule has 1 aromatic carbocycles. The van der Waals surface area contributed by atoms with Crippen molar-refractivity contribution in [1.29, 1.82) is 0 Å². The molecule has 6 heteroatoms. The van der Waals surface area contributed by atoms with Gasteiger partial charge in [0.05, 0.1) is 10.5 Å². The number of para-hydroxylation sites is 1. The predicted molar refractivity (Wildman–Crippen MR) is 76.3 cm³/mol. The monoisotopic (exact) mass is 277 g/mol. The number of nitrogens with zero attached hydrogens (tertiary/aromatic N) is 2. The molecule has 100 valence electrons. The Hall–Kier alpha value is -1.79. The van der Waals surface area contributed by atoms with Gasteiger partial charge < -0.3 is 5.32 Å². The van der Waals surface area contributed by atoms with Crippen LogP contribution in [0.2, 0.25) is 0 Å². The predicted octanol–water partition coefficient (Wildman–Crippen LogP) is 3.39. The molecule has 1 atom stereocenters. The Bertz CT molecular complexity index is 583. The zero-order chi connectivity index (χ0) is 13.8. The molecule has 0 saturated carbocycles. The van der Waals surface area contributed by atoms with Gasteiger partial charge in [0.1, 0.15) is 5.01 Å². The van der Waals surface area contributed by atoms with Crippen molar-refractivity contribution >= 4 is 17.0 Å². The standard InChI is InChI=1S/C13H15N3O2S/c1-3-14-9(2)12-8-15-13(19-12)10-6-4-5-7-11(10)16(17)18/h4-9,14H,3H2,1-2H3. The Morgan fingerprint density at radius 1 is 1.47 bits per heavy atom. The van der Waals surface area contributed by atoms with Crippen molar-refractivity contribution in [2.75, 3.05) is 6.54 Å². The second kappa shape index (κ2) is 5.90. The highest BCUT2D eigenvalue weighted by molar-refractivity contribution is 7.15. The molecular weight excluding hydrogens is 262 g/mol. The van der Waals surface area contributed by atoms with E-state index in [1.165, 1.54) is 17.4 Å². The molecule has 0 amide bonds. The summed E-state index contributed by atoms with van der Waals surface area (Å²) in [5, 5.41) is 15.0. The van der Waals surface area contributed by atoms with Gasteiger partial charge in [-0.05, 0) is 19.5 Å². The van der Waals surface area contributed by atoms with E-state index in [1.54, 1.807) is 24.4 Å². The number of hydrogen-bond acceptors (Lipinski definition) is 5. The van der Waals surface area contributed by atoms with Crippen LogP contribution in [0.1, 0.15) is 24.8 Å². The molecule has 2 aromatic rings. The minimum Gasteiger partial charge on any atom is -0.310 e. The summed E-state index contributed by atoms with van der Waals surface area (Å²) >= 11 is 1.49. The lowest BCUT2D eigenvalue weighted by Crippen LogP contribution is -2.16. The highest BCUT2D eigenvalue weighted by Gasteiger charge is 2.18. The average molecular weight is 277 g/mol. The van der Waals surface area contributed by atoms with Crippen LogP contribution in [-0.4, -0.2) is 16.5 Å². The highest BCUT2D eigenvalue weighted by Crippen LogP contribution is 2.34. The molecule has 0 saturated heterocycles. The first-order valence-electron chi connectivity index (χ1n) is 6.06. The number of benzene rings is 1. The van der Waals surface area contributed by atoms with E-state index in [4.69, 9.17) is 0 Å². The van der Waals surface area contributed by atoms with Gasteiger partial charge in [-0.1, -0.05) is 19.1 Å². The summed E-state index contributed by atoms with van der Waals surface area (Å²) < 4.78 is 0. The van der Waals surface area contributed by atoms with Gasteiger partial charge in [0.2, 0.25) is 0 Å². The quantitative estimate of drug-likeness (QED) is 0.672. The fourth-order valence-corrected chi connectivity index (χ4v) is 2.81. The molecule has 1 N–H and O–H groups in total. The lowest BCUT2D eigenvalue weighted by molar-refractivity contribution is -0.384. The molecule has 0 aliphatic heterocycles. The number of nitro groups is 1. The molecule has 0 fully saturated rings. The van der Waals surface area contributed by atoms with Gasteiger partial charge in [0, 0.05) is 23.2 Å². The Labute approximate surface area is 115 Å². The number of aromatic nitrogens is 1. The zero-order valence-electron chi connectivity index (χ0n) is 10.8. The number of rotatable bonds is 5. The lowest BCUT2D eigenvalue weighted by Gasteiger charge is -2.08. The number of thiazole rings is 1. The van der Waals surface area contributed by atoms with Crippen LogP contribution >= 0.6 is 11.3 Å². The summed E-state index contributed by atoms with van der Waals surface area (Å²) in [5.74, 6) is 0. The Balaban J connectivity index is 2.35. The number of nitrogens with one attached hydrogen (secondary N) is 1. The molecule has 5 nitrogen and oxygen atoms in total. The van der Waals surface area contributed by atoms with Crippen LogP contribution in [0.3, 0.4) is 0 Å². The Morgan fingerprint density at radius 3 is 2.89 bits per heavy atom. The Morgan fingerprint density at radius 2 is 2.21 bits per heavy atom. The topological polar surface area (TPSA) is 68.1 Å². The van der Waals surface area contributed by atoms with E-state index in [1.807, 2.05) is 6.92 Å². The van der Waals surface area contributed by atoms with E-state index in [2.05, 4.69) is 17.2 Å². The molecule has 0 spiro atoms. The molecule has 0 bridgehead atoms. The van der Waals surface area contributed by atoms with Crippen molar-refractivity contribution in [3.05, 3.63) is 45.5 Å². The van der Waals surface area contributed by atoms with E-state index in [0.29, 0.717) is 10.6 Å². The summed E-state index contributed by atoms with van der Waals surface area (Å²) in [6.07, 6.45) is 1.78. The van der Waals surface area contributed by atoms with Crippen LogP contribution in [0.5, 0.6) is 0 Å². The Kier molecular flexibility index (Phi) is 4.24. The van der Waals surface area contributed by atoms with Crippen molar-refractivity contribution in [1.82, 2.24) is 10.3 Å². The SMILES string of the molecule is CCNC(C)c1cnc(-c2ccccc2[N+](=O)[O-])s1. The minimum atomic E-state index is -0.371. The third kappa shape index (κ3) is 2.97. The summed E-state index contributed by atoms with van der Waals surface area (Å²) in [7, 11) is 0.